The lowest BCUT2D eigenvalue weighted by molar-refractivity contribution is 0.193. The molecule has 0 amide bonds. The van der Waals surface area contributed by atoms with Gasteiger partial charge in [-0.05, 0) is 32.1 Å². The van der Waals surface area contributed by atoms with E-state index in [1.807, 2.05) is 18.3 Å². The smallest absolute Gasteiger partial charge is 0.191 e. The highest BCUT2D eigenvalue weighted by Crippen LogP contribution is 2.20. The second-order valence-electron chi connectivity index (χ2n) is 5.75. The molecule has 6 nitrogen and oxygen atoms in total. The number of furan rings is 1. The van der Waals surface area contributed by atoms with Crippen molar-refractivity contribution in [3.63, 3.8) is 0 Å². The molecule has 0 bridgehead atoms. The van der Waals surface area contributed by atoms with E-state index in [4.69, 9.17) is 4.42 Å². The summed E-state index contributed by atoms with van der Waals surface area (Å²) in [5.41, 5.74) is 0. The van der Waals surface area contributed by atoms with Crippen LogP contribution < -0.4 is 10.6 Å². The molecule has 0 saturated carbocycles. The molecule has 0 aliphatic carbocycles. The van der Waals surface area contributed by atoms with E-state index in [9.17, 15) is 0 Å². The van der Waals surface area contributed by atoms with Crippen LogP contribution >= 0.6 is 35.3 Å². The van der Waals surface area contributed by atoms with Gasteiger partial charge in [0.25, 0.3) is 0 Å². The zero-order valence-electron chi connectivity index (χ0n) is 16.0. The number of guanidine groups is 1. The average molecular weight is 491 g/mol. The summed E-state index contributed by atoms with van der Waals surface area (Å²) in [6.07, 6.45) is 4.55. The Kier molecular flexibility index (Phi) is 10.8. The highest BCUT2D eigenvalue weighted by Gasteiger charge is 2.20. The molecule has 0 saturated heterocycles. The molecule has 0 aliphatic heterocycles. The van der Waals surface area contributed by atoms with Gasteiger partial charge in [0.1, 0.15) is 5.76 Å². The molecule has 0 spiro atoms. The number of nitrogens with one attached hydrogen (secondary N) is 2. The molecule has 146 valence electrons. The number of hydrogen-bond acceptors (Lipinski definition) is 5. The highest BCUT2D eigenvalue weighted by molar-refractivity contribution is 14.0. The Hall–Kier alpha value is -1.13. The molecule has 1 atom stereocenters. The topological polar surface area (TPSA) is 65.7 Å². The third-order valence-electron chi connectivity index (χ3n) is 4.11. The Bertz CT molecular complexity index is 640. The standard InChI is InChI=1S/C18H29N5OS.HI/c1-5-23(6-2)15(16-8-7-11-24-16)13-22-18(19-4)20-10-9-17-21-12-14(3)25-17;/h7-8,11-12,15H,5-6,9-10,13H2,1-4H3,(H2,19,20,22);1H. The molecular weight excluding hydrogens is 461 g/mol. The van der Waals surface area contributed by atoms with Crippen molar-refractivity contribution >= 4 is 41.3 Å². The van der Waals surface area contributed by atoms with Gasteiger partial charge in [0.05, 0.1) is 17.3 Å². The van der Waals surface area contributed by atoms with Crippen molar-refractivity contribution in [3.8, 4) is 0 Å². The molecule has 2 aromatic rings. The number of hydrogen-bond donors (Lipinski definition) is 2. The summed E-state index contributed by atoms with van der Waals surface area (Å²) >= 11 is 1.74. The predicted molar refractivity (Wildman–Crippen MR) is 120 cm³/mol. The quantitative estimate of drug-likeness (QED) is 0.320. The Labute approximate surface area is 177 Å². The van der Waals surface area contributed by atoms with Crippen molar-refractivity contribution < 1.29 is 4.42 Å². The van der Waals surface area contributed by atoms with Crippen molar-refractivity contribution in [3.05, 3.63) is 40.2 Å². The van der Waals surface area contributed by atoms with E-state index < -0.39 is 0 Å². The lowest BCUT2D eigenvalue weighted by Crippen LogP contribution is -2.43. The molecule has 1 unspecified atom stereocenters. The van der Waals surface area contributed by atoms with Crippen LogP contribution in [0, 0.1) is 6.92 Å². The van der Waals surface area contributed by atoms with Crippen LogP contribution in [-0.2, 0) is 6.42 Å². The lowest BCUT2D eigenvalue weighted by atomic mass is 10.2. The van der Waals surface area contributed by atoms with Crippen molar-refractivity contribution in [2.45, 2.75) is 33.2 Å². The van der Waals surface area contributed by atoms with Gasteiger partial charge in [-0.2, -0.15) is 0 Å². The normalized spacial score (nSPS) is 12.7. The van der Waals surface area contributed by atoms with Crippen molar-refractivity contribution in [2.24, 2.45) is 4.99 Å². The molecule has 8 heteroatoms. The maximum Gasteiger partial charge on any atom is 0.191 e. The molecule has 0 aliphatic rings. The predicted octanol–water partition coefficient (Wildman–Crippen LogP) is 3.45. The Morgan fingerprint density at radius 1 is 1.35 bits per heavy atom. The number of rotatable bonds is 9. The van der Waals surface area contributed by atoms with Crippen LogP contribution in [0.4, 0.5) is 0 Å². The first-order valence-corrected chi connectivity index (χ1v) is 9.62. The van der Waals surface area contributed by atoms with Crippen LogP contribution in [-0.4, -0.2) is 49.1 Å². The maximum absolute atomic E-state index is 5.64. The molecule has 0 aromatic carbocycles. The second-order valence-corrected chi connectivity index (χ2v) is 7.07. The van der Waals surface area contributed by atoms with Gasteiger partial charge in [0.15, 0.2) is 5.96 Å². The van der Waals surface area contributed by atoms with Crippen molar-refractivity contribution in [2.75, 3.05) is 33.2 Å². The minimum atomic E-state index is 0. The molecule has 2 rings (SSSR count). The summed E-state index contributed by atoms with van der Waals surface area (Å²) in [7, 11) is 1.79. The fourth-order valence-corrected chi connectivity index (χ4v) is 3.56. The first-order chi connectivity index (χ1) is 12.2. The average Bonchev–Trinajstić information content (AvgIpc) is 3.28. The Balaban J connectivity index is 0.00000338. The van der Waals surface area contributed by atoms with E-state index in [1.54, 1.807) is 24.6 Å². The summed E-state index contributed by atoms with van der Waals surface area (Å²) in [6, 6.07) is 4.16. The van der Waals surface area contributed by atoms with Gasteiger partial charge < -0.3 is 15.1 Å². The van der Waals surface area contributed by atoms with E-state index >= 15 is 0 Å². The van der Waals surface area contributed by atoms with Crippen LogP contribution in [0.1, 0.15) is 35.5 Å². The Morgan fingerprint density at radius 3 is 2.65 bits per heavy atom. The third kappa shape index (κ3) is 6.88. The van der Waals surface area contributed by atoms with Gasteiger partial charge in [-0.1, -0.05) is 13.8 Å². The minimum absolute atomic E-state index is 0. The van der Waals surface area contributed by atoms with Gasteiger partial charge in [-0.3, -0.25) is 9.89 Å². The zero-order valence-corrected chi connectivity index (χ0v) is 19.1. The van der Waals surface area contributed by atoms with Gasteiger partial charge in [-0.25, -0.2) is 4.98 Å². The molecule has 2 aromatic heterocycles. The van der Waals surface area contributed by atoms with Crippen LogP contribution in [0.2, 0.25) is 0 Å². The molecule has 0 fully saturated rings. The zero-order chi connectivity index (χ0) is 18.1. The Morgan fingerprint density at radius 2 is 2.12 bits per heavy atom. The van der Waals surface area contributed by atoms with Gasteiger partial charge in [0, 0.05) is 37.6 Å². The SMILES string of the molecule is CCN(CC)C(CNC(=NC)NCCc1ncc(C)s1)c1ccco1.I. The number of aliphatic imine (C=N–C) groups is 1. The van der Waals surface area contributed by atoms with E-state index in [1.165, 1.54) is 4.88 Å². The van der Waals surface area contributed by atoms with E-state index in [2.05, 4.69) is 46.3 Å². The van der Waals surface area contributed by atoms with Crippen LogP contribution in [0.3, 0.4) is 0 Å². The largest absolute Gasteiger partial charge is 0.468 e. The first-order valence-electron chi connectivity index (χ1n) is 8.81. The molecule has 0 radical (unpaired) electrons. The summed E-state index contributed by atoms with van der Waals surface area (Å²) in [5.74, 6) is 1.78. The number of nitrogens with zero attached hydrogens (tertiary/aromatic N) is 3. The molecular formula is C18H30IN5OS. The van der Waals surface area contributed by atoms with Crippen molar-refractivity contribution in [1.82, 2.24) is 20.5 Å². The fourth-order valence-electron chi connectivity index (χ4n) is 2.77. The van der Waals surface area contributed by atoms with E-state index in [0.29, 0.717) is 0 Å². The number of aryl methyl sites for hydroxylation is 1. The molecule has 2 heterocycles. The summed E-state index contributed by atoms with van der Waals surface area (Å²) in [4.78, 5) is 12.3. The van der Waals surface area contributed by atoms with Crippen molar-refractivity contribution in [1.29, 1.82) is 0 Å². The molecule has 26 heavy (non-hydrogen) atoms. The third-order valence-corrected chi connectivity index (χ3v) is 5.08. The van der Waals surface area contributed by atoms with E-state index in [-0.39, 0.29) is 30.0 Å². The van der Waals surface area contributed by atoms with E-state index in [0.717, 1.165) is 49.3 Å². The lowest BCUT2D eigenvalue weighted by Gasteiger charge is -2.28. The van der Waals surface area contributed by atoms with Crippen LogP contribution in [0.25, 0.3) is 0 Å². The number of likely N-dealkylation sites (N-methyl/N-ethyl adjacent to an activating group) is 1. The number of aromatic nitrogens is 1. The van der Waals surface area contributed by atoms with Gasteiger partial charge in [-0.15, -0.1) is 35.3 Å². The minimum Gasteiger partial charge on any atom is -0.468 e. The monoisotopic (exact) mass is 491 g/mol. The maximum atomic E-state index is 5.64. The highest BCUT2D eigenvalue weighted by atomic mass is 127. The van der Waals surface area contributed by atoms with Gasteiger partial charge in [0.2, 0.25) is 0 Å². The molecule has 2 N–H and O–H groups in total. The summed E-state index contributed by atoms with van der Waals surface area (Å²) < 4.78 is 5.64. The fraction of sp³-hybridized carbons (Fsp3) is 0.556. The number of halogens is 1. The summed E-state index contributed by atoms with van der Waals surface area (Å²) in [6.45, 7) is 9.91. The van der Waals surface area contributed by atoms with Crippen LogP contribution in [0.5, 0.6) is 0 Å². The first kappa shape index (κ1) is 22.9. The number of thiazole rings is 1. The second kappa shape index (κ2) is 12.3. The summed E-state index contributed by atoms with van der Waals surface area (Å²) in [5, 5.41) is 7.93. The van der Waals surface area contributed by atoms with Crippen LogP contribution in [0.15, 0.2) is 34.0 Å². The van der Waals surface area contributed by atoms with Gasteiger partial charge >= 0.3 is 0 Å².